The smallest absolute Gasteiger partial charge is 0.266 e. The summed E-state index contributed by atoms with van der Waals surface area (Å²) >= 11 is 0. The average Bonchev–Trinajstić information content (AvgIpc) is 2.93. The molecule has 0 unspecified atom stereocenters. The number of carbonyl (C=O) groups is 1. The molecule has 4 heteroatoms. The summed E-state index contributed by atoms with van der Waals surface area (Å²) < 4.78 is 2.03. The number of benzene rings is 1. The first kappa shape index (κ1) is 15.6. The Morgan fingerprint density at radius 2 is 2.14 bits per heavy atom. The van der Waals surface area contributed by atoms with Crippen LogP contribution in [-0.4, -0.2) is 10.5 Å². The standard InChI is InChI=1S/C18H19N3O/c1-13(2)21-8-7-15(12-21)10-16(11-19)18(22)20-17-6-4-5-14(3)9-17/h4-10,12-13H,1-3H3,(H,20,22)/b16-10+. The van der Waals surface area contributed by atoms with Crippen LogP contribution in [0.15, 0.2) is 48.3 Å². The number of anilines is 1. The molecule has 112 valence electrons. The molecule has 0 saturated carbocycles. The zero-order chi connectivity index (χ0) is 16.1. The van der Waals surface area contributed by atoms with Crippen molar-refractivity contribution in [3.8, 4) is 6.07 Å². The van der Waals surface area contributed by atoms with E-state index in [1.54, 1.807) is 12.1 Å². The van der Waals surface area contributed by atoms with Gasteiger partial charge in [-0.25, -0.2) is 0 Å². The van der Waals surface area contributed by atoms with Crippen molar-refractivity contribution in [2.45, 2.75) is 26.8 Å². The first-order chi connectivity index (χ1) is 10.5. The van der Waals surface area contributed by atoms with Crippen molar-refractivity contribution in [2.75, 3.05) is 5.32 Å². The van der Waals surface area contributed by atoms with Crippen molar-refractivity contribution in [3.05, 3.63) is 59.4 Å². The Morgan fingerprint density at radius 1 is 1.36 bits per heavy atom. The molecule has 1 N–H and O–H groups in total. The molecular formula is C18H19N3O. The first-order valence-corrected chi connectivity index (χ1v) is 7.17. The molecule has 22 heavy (non-hydrogen) atoms. The summed E-state index contributed by atoms with van der Waals surface area (Å²) in [6.45, 7) is 6.09. The average molecular weight is 293 g/mol. The van der Waals surface area contributed by atoms with Gasteiger partial charge in [-0.3, -0.25) is 4.79 Å². The number of hydrogen-bond donors (Lipinski definition) is 1. The lowest BCUT2D eigenvalue weighted by atomic mass is 10.1. The summed E-state index contributed by atoms with van der Waals surface area (Å²) in [6.07, 6.45) is 5.45. The molecule has 0 aliphatic rings. The highest BCUT2D eigenvalue weighted by molar-refractivity contribution is 6.09. The number of nitrogens with zero attached hydrogens (tertiary/aromatic N) is 2. The molecule has 0 fully saturated rings. The third-order valence-corrected chi connectivity index (χ3v) is 3.29. The Balaban J connectivity index is 2.18. The maximum Gasteiger partial charge on any atom is 0.266 e. The number of carbonyl (C=O) groups excluding carboxylic acids is 1. The molecule has 0 bridgehead atoms. The first-order valence-electron chi connectivity index (χ1n) is 7.17. The fourth-order valence-electron chi connectivity index (χ4n) is 2.07. The van der Waals surface area contributed by atoms with Gasteiger partial charge in [0.2, 0.25) is 0 Å². The van der Waals surface area contributed by atoms with E-state index in [9.17, 15) is 10.1 Å². The lowest BCUT2D eigenvalue weighted by Gasteiger charge is -2.05. The summed E-state index contributed by atoms with van der Waals surface area (Å²) in [5.74, 6) is -0.398. The molecule has 0 saturated heterocycles. The Hall–Kier alpha value is -2.80. The van der Waals surface area contributed by atoms with Gasteiger partial charge in [0.15, 0.2) is 0 Å². The van der Waals surface area contributed by atoms with E-state index in [0.717, 1.165) is 11.1 Å². The minimum Gasteiger partial charge on any atom is -0.351 e. The molecule has 1 heterocycles. The molecule has 0 spiro atoms. The van der Waals surface area contributed by atoms with Crippen LogP contribution in [-0.2, 0) is 4.79 Å². The second-order valence-electron chi connectivity index (χ2n) is 5.48. The Bertz CT molecular complexity index is 748. The quantitative estimate of drug-likeness (QED) is 0.686. The Morgan fingerprint density at radius 3 is 2.73 bits per heavy atom. The topological polar surface area (TPSA) is 57.8 Å². The molecule has 2 rings (SSSR count). The third kappa shape index (κ3) is 3.86. The van der Waals surface area contributed by atoms with Crippen LogP contribution in [0.5, 0.6) is 0 Å². The third-order valence-electron chi connectivity index (χ3n) is 3.29. The van der Waals surface area contributed by atoms with Crippen molar-refractivity contribution < 1.29 is 4.79 Å². The van der Waals surface area contributed by atoms with Gasteiger partial charge in [-0.1, -0.05) is 12.1 Å². The molecule has 0 aliphatic carbocycles. The van der Waals surface area contributed by atoms with Gasteiger partial charge in [0.1, 0.15) is 11.6 Å². The fourth-order valence-corrected chi connectivity index (χ4v) is 2.07. The molecular weight excluding hydrogens is 274 g/mol. The summed E-state index contributed by atoms with van der Waals surface area (Å²) in [7, 11) is 0. The lowest BCUT2D eigenvalue weighted by Crippen LogP contribution is -2.13. The number of rotatable bonds is 4. The van der Waals surface area contributed by atoms with Gasteiger partial charge in [0.05, 0.1) is 0 Å². The second-order valence-corrected chi connectivity index (χ2v) is 5.48. The molecule has 1 aromatic carbocycles. The fraction of sp³-hybridized carbons (Fsp3) is 0.222. The molecule has 1 aromatic heterocycles. The van der Waals surface area contributed by atoms with Gasteiger partial charge in [-0.05, 0) is 56.2 Å². The van der Waals surface area contributed by atoms with E-state index in [1.807, 2.05) is 54.2 Å². The van der Waals surface area contributed by atoms with Crippen LogP contribution in [0.4, 0.5) is 5.69 Å². The Kier molecular flexibility index (Phi) is 4.80. The zero-order valence-corrected chi connectivity index (χ0v) is 13.0. The molecule has 0 aliphatic heterocycles. The molecule has 2 aromatic rings. The number of hydrogen-bond acceptors (Lipinski definition) is 2. The van der Waals surface area contributed by atoms with Crippen LogP contribution >= 0.6 is 0 Å². The van der Waals surface area contributed by atoms with E-state index >= 15 is 0 Å². The van der Waals surface area contributed by atoms with Crippen molar-refractivity contribution in [1.82, 2.24) is 4.57 Å². The van der Waals surface area contributed by atoms with E-state index in [0.29, 0.717) is 11.7 Å². The van der Waals surface area contributed by atoms with E-state index in [4.69, 9.17) is 0 Å². The summed E-state index contributed by atoms with van der Waals surface area (Å²) in [6, 6.07) is 11.7. The van der Waals surface area contributed by atoms with Gasteiger partial charge in [0, 0.05) is 24.1 Å². The van der Waals surface area contributed by atoms with Gasteiger partial charge in [0.25, 0.3) is 5.91 Å². The van der Waals surface area contributed by atoms with Gasteiger partial charge in [-0.15, -0.1) is 0 Å². The van der Waals surface area contributed by atoms with Crippen LogP contribution in [0.1, 0.15) is 31.0 Å². The van der Waals surface area contributed by atoms with E-state index in [2.05, 4.69) is 19.2 Å². The highest BCUT2D eigenvalue weighted by Gasteiger charge is 2.10. The number of nitrogens with one attached hydrogen (secondary N) is 1. The normalized spacial score (nSPS) is 11.3. The number of aryl methyl sites for hydroxylation is 1. The van der Waals surface area contributed by atoms with Gasteiger partial charge in [-0.2, -0.15) is 5.26 Å². The molecule has 0 atom stereocenters. The molecule has 1 amide bonds. The highest BCUT2D eigenvalue weighted by atomic mass is 16.1. The number of aromatic nitrogens is 1. The largest absolute Gasteiger partial charge is 0.351 e. The summed E-state index contributed by atoms with van der Waals surface area (Å²) in [5, 5.41) is 12.0. The van der Waals surface area contributed by atoms with Crippen LogP contribution in [0.2, 0.25) is 0 Å². The maximum atomic E-state index is 12.2. The van der Waals surface area contributed by atoms with Crippen molar-refractivity contribution in [3.63, 3.8) is 0 Å². The monoisotopic (exact) mass is 293 g/mol. The van der Waals surface area contributed by atoms with Crippen LogP contribution in [0, 0.1) is 18.3 Å². The SMILES string of the molecule is Cc1cccc(NC(=O)/C(C#N)=C/c2ccn(C(C)C)c2)c1. The number of nitriles is 1. The van der Waals surface area contributed by atoms with E-state index in [-0.39, 0.29) is 5.57 Å². The minimum absolute atomic E-state index is 0.0861. The van der Waals surface area contributed by atoms with Crippen LogP contribution < -0.4 is 5.32 Å². The minimum atomic E-state index is -0.398. The van der Waals surface area contributed by atoms with Crippen molar-refractivity contribution in [1.29, 1.82) is 5.26 Å². The highest BCUT2D eigenvalue weighted by Crippen LogP contribution is 2.14. The van der Waals surface area contributed by atoms with Crippen molar-refractivity contribution in [2.24, 2.45) is 0 Å². The molecule has 0 radical (unpaired) electrons. The number of amides is 1. The summed E-state index contributed by atoms with van der Waals surface area (Å²) in [4.78, 5) is 12.2. The predicted octanol–water partition coefficient (Wildman–Crippen LogP) is 3.92. The van der Waals surface area contributed by atoms with Crippen molar-refractivity contribution >= 4 is 17.7 Å². The second kappa shape index (κ2) is 6.77. The Labute approximate surface area is 130 Å². The van der Waals surface area contributed by atoms with E-state index in [1.165, 1.54) is 0 Å². The molecule has 4 nitrogen and oxygen atoms in total. The van der Waals surface area contributed by atoms with Gasteiger partial charge < -0.3 is 9.88 Å². The zero-order valence-electron chi connectivity index (χ0n) is 13.0. The maximum absolute atomic E-state index is 12.2. The lowest BCUT2D eigenvalue weighted by molar-refractivity contribution is -0.112. The van der Waals surface area contributed by atoms with E-state index < -0.39 is 5.91 Å². The van der Waals surface area contributed by atoms with Crippen LogP contribution in [0.3, 0.4) is 0 Å². The van der Waals surface area contributed by atoms with Gasteiger partial charge >= 0.3 is 0 Å². The summed E-state index contributed by atoms with van der Waals surface area (Å²) in [5.41, 5.74) is 2.66. The predicted molar refractivity (Wildman–Crippen MR) is 88.2 cm³/mol. The van der Waals surface area contributed by atoms with Crippen LogP contribution in [0.25, 0.3) is 6.08 Å².